The average molecular weight is 133 g/mol. The molecular formula is C6H15NO2. The van der Waals surface area contributed by atoms with Crippen LogP contribution in [0.5, 0.6) is 0 Å². The Hall–Kier alpha value is -0.120. The minimum atomic E-state index is -0.713. The SMILES string of the molecule is CC(CNO)C(C)(C)O. The van der Waals surface area contributed by atoms with Crippen LogP contribution in [0.15, 0.2) is 0 Å². The third kappa shape index (κ3) is 3.46. The van der Waals surface area contributed by atoms with E-state index in [1.807, 2.05) is 12.4 Å². The standard InChI is InChI=1S/C6H15NO2/c1-5(4-7-9)6(2,3)8/h5,7-9H,4H2,1-3H3. The van der Waals surface area contributed by atoms with Crippen molar-refractivity contribution in [3.8, 4) is 0 Å². The summed E-state index contributed by atoms with van der Waals surface area (Å²) in [5, 5.41) is 17.5. The van der Waals surface area contributed by atoms with E-state index in [9.17, 15) is 5.11 Å². The van der Waals surface area contributed by atoms with Crippen LogP contribution >= 0.6 is 0 Å². The second kappa shape index (κ2) is 3.15. The Kier molecular flexibility index (Phi) is 3.11. The van der Waals surface area contributed by atoms with Crippen LogP contribution in [0.2, 0.25) is 0 Å². The predicted molar refractivity (Wildman–Crippen MR) is 35.3 cm³/mol. The predicted octanol–water partition coefficient (Wildman–Crippen LogP) is 0.372. The Morgan fingerprint density at radius 3 is 2.11 bits per heavy atom. The van der Waals surface area contributed by atoms with E-state index in [1.165, 1.54) is 0 Å². The van der Waals surface area contributed by atoms with E-state index in [2.05, 4.69) is 0 Å². The molecule has 0 aliphatic carbocycles. The lowest BCUT2D eigenvalue weighted by Gasteiger charge is -2.24. The highest BCUT2D eigenvalue weighted by Gasteiger charge is 2.21. The molecule has 1 atom stereocenters. The maximum atomic E-state index is 9.27. The van der Waals surface area contributed by atoms with E-state index in [0.29, 0.717) is 6.54 Å². The first-order valence-corrected chi connectivity index (χ1v) is 3.08. The van der Waals surface area contributed by atoms with Crippen LogP contribution in [0.1, 0.15) is 20.8 Å². The summed E-state index contributed by atoms with van der Waals surface area (Å²) in [6, 6.07) is 0. The summed E-state index contributed by atoms with van der Waals surface area (Å²) in [5.41, 5.74) is 1.30. The van der Waals surface area contributed by atoms with Crippen LogP contribution in [0.25, 0.3) is 0 Å². The Labute approximate surface area is 55.7 Å². The minimum Gasteiger partial charge on any atom is -0.390 e. The summed E-state index contributed by atoms with van der Waals surface area (Å²) < 4.78 is 0. The highest BCUT2D eigenvalue weighted by atomic mass is 16.5. The lowest BCUT2D eigenvalue weighted by atomic mass is 9.93. The van der Waals surface area contributed by atoms with Gasteiger partial charge in [0.25, 0.3) is 0 Å². The van der Waals surface area contributed by atoms with Gasteiger partial charge in [0, 0.05) is 6.54 Å². The Bertz CT molecular complexity index is 77.6. The lowest BCUT2D eigenvalue weighted by molar-refractivity contribution is 0.00798. The van der Waals surface area contributed by atoms with Gasteiger partial charge in [-0.1, -0.05) is 6.92 Å². The molecule has 9 heavy (non-hydrogen) atoms. The van der Waals surface area contributed by atoms with Gasteiger partial charge in [-0.3, -0.25) is 0 Å². The topological polar surface area (TPSA) is 52.5 Å². The average Bonchev–Trinajstić information content (AvgIpc) is 1.64. The van der Waals surface area contributed by atoms with Crippen molar-refractivity contribution >= 4 is 0 Å². The van der Waals surface area contributed by atoms with E-state index in [0.717, 1.165) is 0 Å². The normalized spacial score (nSPS) is 15.7. The highest BCUT2D eigenvalue weighted by molar-refractivity contribution is 4.73. The molecular weight excluding hydrogens is 118 g/mol. The Morgan fingerprint density at radius 1 is 1.56 bits per heavy atom. The smallest absolute Gasteiger partial charge is 0.0630 e. The van der Waals surface area contributed by atoms with Gasteiger partial charge in [-0.25, -0.2) is 5.48 Å². The first kappa shape index (κ1) is 8.88. The summed E-state index contributed by atoms with van der Waals surface area (Å²) in [5.74, 6) is 0.0579. The van der Waals surface area contributed by atoms with Crippen molar-refractivity contribution in [3.63, 3.8) is 0 Å². The number of hydroxylamine groups is 1. The molecule has 0 saturated heterocycles. The van der Waals surface area contributed by atoms with Crippen LogP contribution < -0.4 is 5.48 Å². The van der Waals surface area contributed by atoms with E-state index in [1.54, 1.807) is 13.8 Å². The molecule has 0 bridgehead atoms. The summed E-state index contributed by atoms with van der Waals surface area (Å²) in [6.45, 7) is 5.72. The fourth-order valence-electron chi connectivity index (χ4n) is 0.387. The van der Waals surface area contributed by atoms with Gasteiger partial charge in [0.2, 0.25) is 0 Å². The molecule has 0 saturated carbocycles. The molecule has 1 unspecified atom stereocenters. The van der Waals surface area contributed by atoms with Crippen LogP contribution in [0.3, 0.4) is 0 Å². The summed E-state index contributed by atoms with van der Waals surface area (Å²) in [4.78, 5) is 0. The van der Waals surface area contributed by atoms with Gasteiger partial charge < -0.3 is 10.3 Å². The molecule has 0 spiro atoms. The van der Waals surface area contributed by atoms with Gasteiger partial charge in [0.05, 0.1) is 5.60 Å². The van der Waals surface area contributed by atoms with E-state index in [4.69, 9.17) is 5.21 Å². The number of rotatable bonds is 3. The molecule has 0 amide bonds. The Balaban J connectivity index is 3.59. The number of hydrogen-bond acceptors (Lipinski definition) is 3. The van der Waals surface area contributed by atoms with Gasteiger partial charge >= 0.3 is 0 Å². The first-order chi connectivity index (χ1) is 3.98. The molecule has 0 heterocycles. The molecule has 0 aromatic carbocycles. The second-order valence-corrected chi connectivity index (χ2v) is 2.92. The van der Waals surface area contributed by atoms with Crippen molar-refractivity contribution in [1.82, 2.24) is 5.48 Å². The zero-order valence-corrected chi connectivity index (χ0v) is 6.18. The van der Waals surface area contributed by atoms with E-state index >= 15 is 0 Å². The summed E-state index contributed by atoms with van der Waals surface area (Å²) in [6.07, 6.45) is 0. The van der Waals surface area contributed by atoms with Crippen LogP contribution in [0, 0.1) is 5.92 Å². The third-order valence-electron chi connectivity index (χ3n) is 1.60. The Morgan fingerprint density at radius 2 is 2.00 bits per heavy atom. The van der Waals surface area contributed by atoms with Crippen molar-refractivity contribution in [3.05, 3.63) is 0 Å². The molecule has 0 rings (SSSR count). The van der Waals surface area contributed by atoms with Crippen LogP contribution in [-0.2, 0) is 0 Å². The van der Waals surface area contributed by atoms with E-state index < -0.39 is 5.60 Å². The molecule has 0 aromatic rings. The van der Waals surface area contributed by atoms with E-state index in [-0.39, 0.29) is 5.92 Å². The van der Waals surface area contributed by atoms with Gasteiger partial charge in [0.1, 0.15) is 0 Å². The molecule has 0 fully saturated rings. The van der Waals surface area contributed by atoms with Crippen molar-refractivity contribution in [1.29, 1.82) is 0 Å². The van der Waals surface area contributed by atoms with Crippen LogP contribution in [-0.4, -0.2) is 22.5 Å². The number of nitrogens with one attached hydrogen (secondary N) is 1. The molecule has 0 aliphatic heterocycles. The zero-order valence-electron chi connectivity index (χ0n) is 6.18. The van der Waals surface area contributed by atoms with Crippen LogP contribution in [0.4, 0.5) is 0 Å². The molecule has 3 nitrogen and oxygen atoms in total. The fourth-order valence-corrected chi connectivity index (χ4v) is 0.387. The first-order valence-electron chi connectivity index (χ1n) is 3.08. The molecule has 3 heteroatoms. The number of aliphatic hydroxyl groups is 1. The highest BCUT2D eigenvalue weighted by Crippen LogP contribution is 2.13. The van der Waals surface area contributed by atoms with Gasteiger partial charge in [-0.15, -0.1) is 0 Å². The minimum absolute atomic E-state index is 0.0579. The third-order valence-corrected chi connectivity index (χ3v) is 1.60. The maximum Gasteiger partial charge on any atom is 0.0630 e. The molecule has 3 N–H and O–H groups in total. The van der Waals surface area contributed by atoms with Gasteiger partial charge in [-0.2, -0.15) is 0 Å². The summed E-state index contributed by atoms with van der Waals surface area (Å²) >= 11 is 0. The monoisotopic (exact) mass is 133 g/mol. The largest absolute Gasteiger partial charge is 0.390 e. The maximum absolute atomic E-state index is 9.27. The van der Waals surface area contributed by atoms with Crippen molar-refractivity contribution in [2.75, 3.05) is 6.54 Å². The fraction of sp³-hybridized carbons (Fsp3) is 1.00. The molecule has 0 radical (unpaired) electrons. The molecule has 0 aromatic heterocycles. The van der Waals surface area contributed by atoms with Crippen molar-refractivity contribution in [2.45, 2.75) is 26.4 Å². The lowest BCUT2D eigenvalue weighted by Crippen LogP contribution is -2.35. The van der Waals surface area contributed by atoms with Crippen molar-refractivity contribution in [2.24, 2.45) is 5.92 Å². The van der Waals surface area contributed by atoms with Gasteiger partial charge in [0.15, 0.2) is 0 Å². The molecule has 56 valence electrons. The quantitative estimate of drug-likeness (QED) is 0.488. The van der Waals surface area contributed by atoms with Gasteiger partial charge in [-0.05, 0) is 19.8 Å². The van der Waals surface area contributed by atoms with Crippen molar-refractivity contribution < 1.29 is 10.3 Å². The zero-order chi connectivity index (χ0) is 7.49. The second-order valence-electron chi connectivity index (χ2n) is 2.92. The molecule has 0 aliphatic rings. The number of hydrogen-bond donors (Lipinski definition) is 3. The summed E-state index contributed by atoms with van der Waals surface area (Å²) in [7, 11) is 0.